The number of halogens is 1. The van der Waals surface area contributed by atoms with Crippen LogP contribution >= 0.6 is 11.6 Å². The quantitative estimate of drug-likeness (QED) is 0.820. The molecule has 1 amide bonds. The molecule has 1 unspecified atom stereocenters. The predicted molar refractivity (Wildman–Crippen MR) is 62.2 cm³/mol. The van der Waals surface area contributed by atoms with Crippen molar-refractivity contribution in [2.24, 2.45) is 0 Å². The summed E-state index contributed by atoms with van der Waals surface area (Å²) in [6, 6.07) is 5.24. The maximum atomic E-state index is 11.4. The zero-order valence-corrected chi connectivity index (χ0v) is 10.2. The Labute approximate surface area is 99.5 Å². The Morgan fingerprint density at radius 1 is 1.38 bits per heavy atom. The maximum absolute atomic E-state index is 11.4. The molecular weight excluding hydrogens is 230 g/mol. The van der Waals surface area contributed by atoms with Gasteiger partial charge in [0.25, 0.3) is 0 Å². The number of carbonyl (C=O) groups excluding carboxylic acids is 1. The second-order valence-electron chi connectivity index (χ2n) is 3.06. The van der Waals surface area contributed by atoms with E-state index in [1.54, 1.807) is 18.2 Å². The number of amides is 1. The average molecular weight is 244 g/mol. The van der Waals surface area contributed by atoms with Crippen molar-refractivity contribution < 1.29 is 14.3 Å². The van der Waals surface area contributed by atoms with Crippen molar-refractivity contribution >= 4 is 17.5 Å². The zero-order chi connectivity index (χ0) is 12.1. The van der Waals surface area contributed by atoms with Crippen LogP contribution < -0.4 is 14.8 Å². The van der Waals surface area contributed by atoms with Crippen molar-refractivity contribution in [2.45, 2.75) is 5.38 Å². The lowest BCUT2D eigenvalue weighted by atomic mass is 10.1. The highest BCUT2D eigenvalue weighted by atomic mass is 35.5. The van der Waals surface area contributed by atoms with Crippen molar-refractivity contribution in [1.82, 2.24) is 5.32 Å². The van der Waals surface area contributed by atoms with Gasteiger partial charge in [-0.25, -0.2) is 0 Å². The first-order valence-electron chi connectivity index (χ1n) is 4.72. The van der Waals surface area contributed by atoms with Crippen LogP contribution in [0.15, 0.2) is 18.2 Å². The van der Waals surface area contributed by atoms with Crippen LogP contribution in [0.2, 0.25) is 0 Å². The number of alkyl halides is 1. The number of benzene rings is 1. The molecule has 0 aliphatic carbocycles. The lowest BCUT2D eigenvalue weighted by Crippen LogP contribution is -2.22. The minimum Gasteiger partial charge on any atom is -0.493 e. The summed E-state index contributed by atoms with van der Waals surface area (Å²) in [5.74, 6) is 0.747. The maximum Gasteiger partial charge on any atom is 0.242 e. The van der Waals surface area contributed by atoms with Crippen molar-refractivity contribution in [2.75, 3.05) is 21.3 Å². The van der Waals surface area contributed by atoms with Gasteiger partial charge in [-0.3, -0.25) is 4.79 Å². The molecule has 0 heterocycles. The minimum atomic E-state index is -0.796. The Balaban J connectivity index is 3.17. The number of rotatable bonds is 4. The van der Waals surface area contributed by atoms with Gasteiger partial charge >= 0.3 is 0 Å². The van der Waals surface area contributed by atoms with Gasteiger partial charge in [0.2, 0.25) is 5.91 Å². The zero-order valence-electron chi connectivity index (χ0n) is 9.41. The summed E-state index contributed by atoms with van der Waals surface area (Å²) in [6.45, 7) is 0. The Morgan fingerprint density at radius 3 is 2.56 bits per heavy atom. The largest absolute Gasteiger partial charge is 0.493 e. The molecule has 0 saturated carbocycles. The summed E-state index contributed by atoms with van der Waals surface area (Å²) in [5, 5.41) is 1.69. The first-order valence-corrected chi connectivity index (χ1v) is 5.15. The molecule has 0 aliphatic rings. The predicted octanol–water partition coefficient (Wildman–Crippen LogP) is 1.73. The van der Waals surface area contributed by atoms with Gasteiger partial charge in [0, 0.05) is 12.6 Å². The Bertz CT molecular complexity index is 381. The van der Waals surface area contributed by atoms with E-state index in [4.69, 9.17) is 21.1 Å². The molecule has 5 heteroatoms. The third kappa shape index (κ3) is 2.39. The first kappa shape index (κ1) is 12.6. The average Bonchev–Trinajstić information content (AvgIpc) is 2.35. The number of para-hydroxylation sites is 1. The summed E-state index contributed by atoms with van der Waals surface area (Å²) in [5.41, 5.74) is 0.586. The van der Waals surface area contributed by atoms with Gasteiger partial charge in [0.05, 0.1) is 14.2 Å². The molecule has 4 nitrogen and oxygen atoms in total. The van der Waals surface area contributed by atoms with Gasteiger partial charge in [0.1, 0.15) is 5.38 Å². The molecular formula is C11H14ClNO3. The fourth-order valence-corrected chi connectivity index (χ4v) is 1.66. The lowest BCUT2D eigenvalue weighted by molar-refractivity contribution is -0.120. The molecule has 0 aromatic heterocycles. The van der Waals surface area contributed by atoms with Gasteiger partial charge < -0.3 is 14.8 Å². The molecule has 88 valence electrons. The summed E-state index contributed by atoms with van der Waals surface area (Å²) >= 11 is 6.02. The smallest absolute Gasteiger partial charge is 0.242 e. The summed E-state index contributed by atoms with van der Waals surface area (Å²) in [6.07, 6.45) is 0. The SMILES string of the molecule is CNC(=O)C(Cl)c1cccc(OC)c1OC. The van der Waals surface area contributed by atoms with Crippen LogP contribution in [-0.4, -0.2) is 27.2 Å². The topological polar surface area (TPSA) is 47.6 Å². The number of ether oxygens (including phenoxy) is 2. The molecule has 0 spiro atoms. The number of nitrogens with one attached hydrogen (secondary N) is 1. The summed E-state index contributed by atoms with van der Waals surface area (Å²) in [7, 11) is 4.57. The van der Waals surface area contributed by atoms with Crippen LogP contribution in [0.25, 0.3) is 0 Å². The van der Waals surface area contributed by atoms with E-state index in [2.05, 4.69) is 5.32 Å². The van der Waals surface area contributed by atoms with Gasteiger partial charge in [-0.15, -0.1) is 11.6 Å². The number of likely N-dealkylation sites (N-methyl/N-ethyl adjacent to an activating group) is 1. The Morgan fingerprint density at radius 2 is 2.06 bits per heavy atom. The van der Waals surface area contributed by atoms with E-state index in [-0.39, 0.29) is 5.91 Å². The van der Waals surface area contributed by atoms with Crippen molar-refractivity contribution in [1.29, 1.82) is 0 Å². The highest BCUT2D eigenvalue weighted by Gasteiger charge is 2.22. The molecule has 0 aliphatic heterocycles. The molecule has 0 bridgehead atoms. The van der Waals surface area contributed by atoms with E-state index in [9.17, 15) is 4.79 Å². The van der Waals surface area contributed by atoms with Crippen molar-refractivity contribution in [3.8, 4) is 11.5 Å². The first-order chi connectivity index (χ1) is 7.65. The number of methoxy groups -OCH3 is 2. The van der Waals surface area contributed by atoms with Gasteiger partial charge in [-0.05, 0) is 6.07 Å². The van der Waals surface area contributed by atoms with Crippen molar-refractivity contribution in [3.05, 3.63) is 23.8 Å². The molecule has 1 atom stereocenters. The van der Waals surface area contributed by atoms with Crippen LogP contribution in [0.1, 0.15) is 10.9 Å². The second-order valence-corrected chi connectivity index (χ2v) is 3.50. The molecule has 1 rings (SSSR count). The van der Waals surface area contributed by atoms with Gasteiger partial charge in [0.15, 0.2) is 11.5 Å². The highest BCUT2D eigenvalue weighted by Crippen LogP contribution is 2.37. The van der Waals surface area contributed by atoms with E-state index < -0.39 is 5.38 Å². The number of hydrogen-bond acceptors (Lipinski definition) is 3. The Kier molecular flexibility index (Phi) is 4.43. The third-order valence-corrected chi connectivity index (χ3v) is 2.62. The van der Waals surface area contributed by atoms with Crippen LogP contribution in [0, 0.1) is 0 Å². The molecule has 0 radical (unpaired) electrons. The molecule has 1 aromatic carbocycles. The molecule has 1 N–H and O–H groups in total. The standard InChI is InChI=1S/C11H14ClNO3/c1-13-11(14)9(12)7-5-4-6-8(15-2)10(7)16-3/h4-6,9H,1-3H3,(H,13,14). The van der Waals surface area contributed by atoms with Gasteiger partial charge in [-0.1, -0.05) is 12.1 Å². The van der Waals surface area contributed by atoms with Crippen LogP contribution in [-0.2, 0) is 4.79 Å². The van der Waals surface area contributed by atoms with Crippen molar-refractivity contribution in [3.63, 3.8) is 0 Å². The van der Waals surface area contributed by atoms with E-state index >= 15 is 0 Å². The Hall–Kier alpha value is -1.42. The summed E-state index contributed by atoms with van der Waals surface area (Å²) in [4.78, 5) is 11.4. The molecule has 1 aromatic rings. The molecule has 16 heavy (non-hydrogen) atoms. The normalized spacial score (nSPS) is 11.8. The number of hydrogen-bond donors (Lipinski definition) is 1. The lowest BCUT2D eigenvalue weighted by Gasteiger charge is -2.15. The highest BCUT2D eigenvalue weighted by molar-refractivity contribution is 6.31. The van der Waals surface area contributed by atoms with Crippen LogP contribution in [0.4, 0.5) is 0 Å². The van der Waals surface area contributed by atoms with Crippen LogP contribution in [0.3, 0.4) is 0 Å². The third-order valence-electron chi connectivity index (χ3n) is 2.18. The fraction of sp³-hybridized carbons (Fsp3) is 0.364. The van der Waals surface area contributed by atoms with Gasteiger partial charge in [-0.2, -0.15) is 0 Å². The monoisotopic (exact) mass is 243 g/mol. The van der Waals surface area contributed by atoms with E-state index in [0.717, 1.165) is 0 Å². The minimum absolute atomic E-state index is 0.284. The second kappa shape index (κ2) is 5.61. The summed E-state index contributed by atoms with van der Waals surface area (Å²) < 4.78 is 10.3. The van der Waals surface area contributed by atoms with E-state index in [1.807, 2.05) is 0 Å². The number of carbonyl (C=O) groups is 1. The van der Waals surface area contributed by atoms with E-state index in [1.165, 1.54) is 21.3 Å². The van der Waals surface area contributed by atoms with E-state index in [0.29, 0.717) is 17.1 Å². The molecule has 0 saturated heterocycles. The molecule has 0 fully saturated rings. The van der Waals surface area contributed by atoms with Crippen LogP contribution in [0.5, 0.6) is 11.5 Å². The fourth-order valence-electron chi connectivity index (χ4n) is 1.38.